The molecule has 4 saturated carbocycles. The van der Waals surface area contributed by atoms with Crippen LogP contribution < -0.4 is 4.74 Å². The van der Waals surface area contributed by atoms with Crippen LogP contribution in [-0.2, 0) is 10.2 Å². The number of likely N-dealkylation sites (tertiary alicyclic amines) is 1. The van der Waals surface area contributed by atoms with E-state index in [4.69, 9.17) is 13.6 Å². The average molecular weight is 485 g/mol. The molecule has 2 heterocycles. The molecule has 6 nitrogen and oxygen atoms in total. The number of piperidine rings is 1. The Morgan fingerprint density at radius 3 is 2.66 bits per heavy atom. The Balaban J connectivity index is 1.52. The number of phenolic OH excluding ortho intramolecular Hbond substituents is 1. The monoisotopic (exact) mass is 484 g/mol. The molecule has 6 heteroatoms. The lowest BCUT2D eigenvalue weighted by atomic mass is 9.33. The third-order valence-corrected chi connectivity index (χ3v) is 11.2. The Bertz CT molecular complexity index is 1270. The van der Waals surface area contributed by atoms with Crippen molar-refractivity contribution in [1.29, 1.82) is 0 Å². The number of carbonyl (C=O) groups excluding carboxylic acids is 1. The number of methoxy groups -OCH3 is 1. The van der Waals surface area contributed by atoms with Gasteiger partial charge < -0.3 is 19.7 Å². The number of ketones is 1. The maximum atomic E-state index is 14.5. The molecule has 7 aliphatic rings. The largest absolute Gasteiger partial charge is 0.504 e. The van der Waals surface area contributed by atoms with Crippen LogP contribution in [0.5, 0.6) is 11.5 Å². The maximum Gasteiger partial charge on any atom is 0.180 e. The predicted molar refractivity (Wildman–Crippen MR) is 131 cm³/mol. The van der Waals surface area contributed by atoms with Crippen molar-refractivity contribution in [3.05, 3.63) is 23.3 Å². The van der Waals surface area contributed by atoms with Gasteiger partial charge in [0, 0.05) is 45.6 Å². The molecule has 5 aliphatic carbocycles. The third-order valence-electron chi connectivity index (χ3n) is 11.2. The molecule has 0 amide bonds. The second-order valence-corrected chi connectivity index (χ2v) is 13.2. The molecule has 190 valence electrons. The molecule has 0 aromatic heterocycles. The summed E-state index contributed by atoms with van der Waals surface area (Å²) in [6, 6.07) is 2.39. The number of benzene rings is 1. The Morgan fingerprint density at radius 2 is 2.00 bits per heavy atom. The van der Waals surface area contributed by atoms with E-state index < -0.39 is 57.9 Å². The van der Waals surface area contributed by atoms with Gasteiger partial charge in [0.2, 0.25) is 0 Å². The van der Waals surface area contributed by atoms with Gasteiger partial charge in [-0.2, -0.15) is 0 Å². The lowest BCUT2D eigenvalue weighted by molar-refractivity contribution is -0.307. The van der Waals surface area contributed by atoms with Gasteiger partial charge in [0.1, 0.15) is 11.7 Å². The number of aromatic hydroxyl groups is 1. The second-order valence-electron chi connectivity index (χ2n) is 13.2. The molecular formula is C29H39NO5. The molecule has 1 saturated heterocycles. The number of hydrogen-bond donors (Lipinski definition) is 2. The zero-order valence-electron chi connectivity index (χ0n) is 24.4. The van der Waals surface area contributed by atoms with E-state index in [2.05, 4.69) is 0 Å². The molecule has 35 heavy (non-hydrogen) atoms. The van der Waals surface area contributed by atoms with Crippen molar-refractivity contribution in [3.63, 3.8) is 0 Å². The molecule has 2 spiro atoms. The van der Waals surface area contributed by atoms with Crippen molar-refractivity contribution >= 4 is 5.78 Å². The van der Waals surface area contributed by atoms with Gasteiger partial charge in [0.05, 0.1) is 11.6 Å². The predicted octanol–water partition coefficient (Wildman–Crippen LogP) is 4.05. The smallest absolute Gasteiger partial charge is 0.180 e. The lowest BCUT2D eigenvalue weighted by Gasteiger charge is -2.75. The van der Waals surface area contributed by atoms with Crippen LogP contribution in [0.2, 0.25) is 0 Å². The molecule has 2 aliphatic heterocycles. The van der Waals surface area contributed by atoms with Crippen molar-refractivity contribution < 1.29 is 28.6 Å². The van der Waals surface area contributed by atoms with Crippen LogP contribution >= 0.6 is 0 Å². The molecule has 8 rings (SSSR count). The van der Waals surface area contributed by atoms with Crippen LogP contribution in [0.3, 0.4) is 0 Å². The van der Waals surface area contributed by atoms with E-state index in [9.17, 15) is 15.0 Å². The van der Waals surface area contributed by atoms with Crippen molar-refractivity contribution in [2.45, 2.75) is 95.0 Å². The first-order chi connectivity index (χ1) is 17.6. The number of Topliss-reactive ketones (excluding diaryl/α,β-unsaturated/α-hetero) is 1. The van der Waals surface area contributed by atoms with Gasteiger partial charge in [-0.1, -0.05) is 20.8 Å². The highest BCUT2D eigenvalue weighted by Crippen LogP contribution is 2.78. The average Bonchev–Trinajstić information content (AvgIpc) is 3.51. The van der Waals surface area contributed by atoms with Crippen molar-refractivity contribution in [1.82, 2.24) is 4.90 Å². The summed E-state index contributed by atoms with van der Waals surface area (Å²) in [5.41, 5.74) is -2.68. The molecule has 5 fully saturated rings. The first kappa shape index (κ1) is 19.5. The highest BCUT2D eigenvalue weighted by Gasteiger charge is 2.83. The van der Waals surface area contributed by atoms with Gasteiger partial charge in [-0.25, -0.2) is 0 Å². The minimum atomic E-state index is -1.97. The zero-order chi connectivity index (χ0) is 27.5. The van der Waals surface area contributed by atoms with Gasteiger partial charge >= 0.3 is 0 Å². The van der Waals surface area contributed by atoms with E-state index >= 15 is 0 Å². The van der Waals surface area contributed by atoms with E-state index in [-0.39, 0.29) is 11.5 Å². The maximum absolute atomic E-state index is 14.5. The van der Waals surface area contributed by atoms with Crippen molar-refractivity contribution in [2.24, 2.45) is 22.6 Å². The van der Waals surface area contributed by atoms with E-state index in [1.54, 1.807) is 18.1 Å². The molecule has 1 unspecified atom stereocenters. The molecule has 1 aromatic carbocycles. The fourth-order valence-electron chi connectivity index (χ4n) is 8.97. The van der Waals surface area contributed by atoms with Gasteiger partial charge in [-0.05, 0) is 75.4 Å². The quantitative estimate of drug-likeness (QED) is 0.671. The van der Waals surface area contributed by atoms with E-state index in [0.717, 1.165) is 5.56 Å². The first-order valence-corrected chi connectivity index (χ1v) is 13.2. The number of rotatable bonds is 4. The summed E-state index contributed by atoms with van der Waals surface area (Å²) in [6.07, 6.45) is 2.62. The van der Waals surface area contributed by atoms with Crippen LogP contribution in [0, 0.1) is 22.6 Å². The number of hydrogen-bond acceptors (Lipinski definition) is 6. The van der Waals surface area contributed by atoms with Crippen LogP contribution in [0.4, 0.5) is 0 Å². The summed E-state index contributed by atoms with van der Waals surface area (Å²) in [6.45, 7) is 6.23. The van der Waals surface area contributed by atoms with Gasteiger partial charge in [-0.3, -0.25) is 9.69 Å². The number of carbonyl (C=O) groups is 1. The third kappa shape index (κ3) is 2.32. The summed E-state index contributed by atoms with van der Waals surface area (Å²) in [5.74, 6) is -1.43. The van der Waals surface area contributed by atoms with Crippen LogP contribution in [0.15, 0.2) is 12.1 Å². The Labute approximate surface area is 212 Å². The summed E-state index contributed by atoms with van der Waals surface area (Å²) < 4.78 is 40.3. The van der Waals surface area contributed by atoms with Crippen molar-refractivity contribution in [2.75, 3.05) is 20.2 Å². The highest BCUT2D eigenvalue weighted by atomic mass is 16.6. The number of nitrogens with zero attached hydrogens (tertiary/aromatic N) is 1. The van der Waals surface area contributed by atoms with Gasteiger partial charge in [-0.15, -0.1) is 0 Å². The van der Waals surface area contributed by atoms with Crippen LogP contribution in [0.1, 0.15) is 86.3 Å². The SMILES string of the molecule is [2H]C1(C([2H])([2H])N2CC[C@]34c5c6ccc(O)c5O[C@H]3[C@@]3(OC)CC[C@@]4(C[C@@H]3C(C)(O)C(C)(C)C)[C@H]2C6=O)CC1. The van der Waals surface area contributed by atoms with Crippen LogP contribution in [-0.4, -0.2) is 64.4 Å². The van der Waals surface area contributed by atoms with E-state index in [0.29, 0.717) is 56.4 Å². The zero-order valence-corrected chi connectivity index (χ0v) is 21.4. The summed E-state index contributed by atoms with van der Waals surface area (Å²) >= 11 is 0. The van der Waals surface area contributed by atoms with Gasteiger partial charge in [0.25, 0.3) is 0 Å². The fourth-order valence-corrected chi connectivity index (χ4v) is 8.97. The summed E-state index contributed by atoms with van der Waals surface area (Å²) in [5, 5.41) is 23.2. The van der Waals surface area contributed by atoms with Gasteiger partial charge in [0.15, 0.2) is 17.3 Å². The summed E-state index contributed by atoms with van der Waals surface area (Å²) in [7, 11) is 1.68. The van der Waals surface area contributed by atoms with E-state index in [1.807, 2.05) is 27.7 Å². The van der Waals surface area contributed by atoms with Crippen LogP contribution in [0.25, 0.3) is 0 Å². The first-order valence-electron chi connectivity index (χ1n) is 14.7. The Kier molecular flexibility index (Phi) is 3.58. The lowest BCUT2D eigenvalue weighted by Crippen LogP contribution is -2.84. The number of phenols is 1. The molecule has 4 bridgehead atoms. The second kappa shape index (κ2) is 6.43. The molecule has 2 N–H and O–H groups in total. The number of ether oxygens (including phenoxy) is 2. The summed E-state index contributed by atoms with van der Waals surface area (Å²) in [4.78, 5) is 16.3. The standard InChI is InChI=1S/C29H39NO5/c1-25(2,3)26(4,33)19-14-27-10-11-29(19,34-5)24-28(27)12-13-30(15-16-6-7-16)23(27)21(32)17-8-9-18(31)22(35-24)20(17)28/h8-9,16,19,23-24,31,33H,6-7,10-15H2,1-5H3/t19-,23-,24-,26?,27-,28+,29-/m1/s1/i15D2,16D. The molecular weight excluding hydrogens is 442 g/mol. The minimum absolute atomic E-state index is 0.000407. The van der Waals surface area contributed by atoms with Crippen molar-refractivity contribution in [3.8, 4) is 11.5 Å². The normalized spacial score (nSPS) is 45.6. The highest BCUT2D eigenvalue weighted by molar-refractivity contribution is 6.06. The Hall–Kier alpha value is -1.63. The molecule has 1 aromatic rings. The number of aliphatic hydroxyl groups is 1. The number of fused-ring (bicyclic) bond motifs is 2. The minimum Gasteiger partial charge on any atom is -0.504 e. The molecule has 7 atom stereocenters. The fraction of sp³-hybridized carbons (Fsp3) is 0.759. The Morgan fingerprint density at radius 1 is 1.26 bits per heavy atom. The topological polar surface area (TPSA) is 79.2 Å². The molecule has 0 radical (unpaired) electrons. The van der Waals surface area contributed by atoms with E-state index in [1.165, 1.54) is 6.07 Å².